The zero-order valence-electron chi connectivity index (χ0n) is 9.25. The van der Waals surface area contributed by atoms with Crippen molar-refractivity contribution in [1.82, 2.24) is 10.3 Å². The highest BCUT2D eigenvalue weighted by Crippen LogP contribution is 2.24. The molecule has 0 saturated carbocycles. The van der Waals surface area contributed by atoms with Gasteiger partial charge in [-0.3, -0.25) is 0 Å². The molecule has 84 valence electrons. The van der Waals surface area contributed by atoms with Gasteiger partial charge in [-0.1, -0.05) is 11.6 Å². The maximum Gasteiger partial charge on any atom is 0.226 e. The van der Waals surface area contributed by atoms with Crippen LogP contribution in [0.4, 0.5) is 0 Å². The van der Waals surface area contributed by atoms with Crippen LogP contribution >= 0.6 is 11.6 Å². The van der Waals surface area contributed by atoms with Crippen molar-refractivity contribution in [2.75, 3.05) is 7.05 Å². The van der Waals surface area contributed by atoms with Crippen LogP contribution in [0.15, 0.2) is 28.9 Å². The summed E-state index contributed by atoms with van der Waals surface area (Å²) in [7, 11) is 1.88. The van der Waals surface area contributed by atoms with E-state index in [2.05, 4.69) is 10.3 Å². The van der Waals surface area contributed by atoms with Crippen molar-refractivity contribution in [3.63, 3.8) is 0 Å². The molecule has 0 radical (unpaired) electrons. The van der Waals surface area contributed by atoms with Gasteiger partial charge in [0.15, 0.2) is 0 Å². The molecule has 0 aliphatic heterocycles. The van der Waals surface area contributed by atoms with E-state index in [0.717, 1.165) is 21.8 Å². The maximum absolute atomic E-state index is 5.96. The molecule has 0 amide bonds. The summed E-state index contributed by atoms with van der Waals surface area (Å²) in [6, 6.07) is 5.73. The molecule has 0 aliphatic carbocycles. The minimum atomic E-state index is 0.630. The van der Waals surface area contributed by atoms with Gasteiger partial charge in [-0.05, 0) is 37.7 Å². The lowest BCUT2D eigenvalue weighted by Gasteiger charge is -1.99. The third kappa shape index (κ3) is 2.26. The van der Waals surface area contributed by atoms with E-state index in [0.29, 0.717) is 12.4 Å². The molecule has 3 nitrogen and oxygen atoms in total. The van der Waals surface area contributed by atoms with Crippen LogP contribution in [0.5, 0.6) is 0 Å². The molecule has 1 heterocycles. The predicted molar refractivity (Wildman–Crippen MR) is 64.4 cm³/mol. The second-order valence-electron chi connectivity index (χ2n) is 3.64. The van der Waals surface area contributed by atoms with Crippen molar-refractivity contribution in [3.05, 3.63) is 40.7 Å². The van der Waals surface area contributed by atoms with Gasteiger partial charge in [0.05, 0.1) is 5.69 Å². The Labute approximate surface area is 99.5 Å². The fourth-order valence-electron chi connectivity index (χ4n) is 1.48. The van der Waals surface area contributed by atoms with Gasteiger partial charge in [0.1, 0.15) is 6.26 Å². The van der Waals surface area contributed by atoms with Crippen molar-refractivity contribution in [1.29, 1.82) is 0 Å². The average Bonchev–Trinajstić information content (AvgIpc) is 2.71. The van der Waals surface area contributed by atoms with E-state index in [9.17, 15) is 0 Å². The lowest BCUT2D eigenvalue weighted by molar-refractivity contribution is 0.571. The zero-order valence-corrected chi connectivity index (χ0v) is 10.0. The summed E-state index contributed by atoms with van der Waals surface area (Å²) in [5.41, 5.74) is 2.86. The molecule has 0 saturated heterocycles. The van der Waals surface area contributed by atoms with E-state index in [1.165, 1.54) is 0 Å². The fraction of sp³-hybridized carbons (Fsp3) is 0.250. The van der Waals surface area contributed by atoms with Gasteiger partial charge < -0.3 is 9.73 Å². The van der Waals surface area contributed by atoms with Crippen LogP contribution in [-0.2, 0) is 6.54 Å². The number of rotatable bonds is 3. The Balaban J connectivity index is 2.31. The Morgan fingerprint density at radius 3 is 2.94 bits per heavy atom. The third-order valence-electron chi connectivity index (χ3n) is 2.31. The summed E-state index contributed by atoms with van der Waals surface area (Å²) in [6.45, 7) is 2.67. The first-order chi connectivity index (χ1) is 7.70. The van der Waals surface area contributed by atoms with Crippen LogP contribution in [0, 0.1) is 6.92 Å². The molecule has 0 atom stereocenters. The third-order valence-corrected chi connectivity index (χ3v) is 2.74. The van der Waals surface area contributed by atoms with Crippen molar-refractivity contribution >= 4 is 11.6 Å². The quantitative estimate of drug-likeness (QED) is 0.890. The topological polar surface area (TPSA) is 38.1 Å². The molecule has 0 aliphatic rings. The van der Waals surface area contributed by atoms with E-state index < -0.39 is 0 Å². The molecule has 2 aromatic rings. The van der Waals surface area contributed by atoms with Crippen molar-refractivity contribution in [2.24, 2.45) is 0 Å². The van der Waals surface area contributed by atoms with Gasteiger partial charge in [-0.2, -0.15) is 0 Å². The second kappa shape index (κ2) is 4.68. The summed E-state index contributed by atoms with van der Waals surface area (Å²) in [4.78, 5) is 4.37. The van der Waals surface area contributed by atoms with Crippen molar-refractivity contribution < 1.29 is 4.42 Å². The lowest BCUT2D eigenvalue weighted by atomic mass is 10.1. The Hall–Kier alpha value is -1.32. The van der Waals surface area contributed by atoms with Crippen LogP contribution in [0.25, 0.3) is 11.5 Å². The molecule has 1 aromatic heterocycles. The van der Waals surface area contributed by atoms with Crippen LogP contribution in [0.3, 0.4) is 0 Å². The van der Waals surface area contributed by atoms with Gasteiger partial charge in [0, 0.05) is 17.1 Å². The van der Waals surface area contributed by atoms with Crippen LogP contribution in [0.2, 0.25) is 5.02 Å². The number of hydrogen-bond donors (Lipinski definition) is 1. The second-order valence-corrected chi connectivity index (χ2v) is 4.05. The smallest absolute Gasteiger partial charge is 0.226 e. The van der Waals surface area contributed by atoms with E-state index in [4.69, 9.17) is 16.0 Å². The van der Waals surface area contributed by atoms with E-state index in [1.807, 2.05) is 32.2 Å². The van der Waals surface area contributed by atoms with Crippen molar-refractivity contribution in [2.45, 2.75) is 13.5 Å². The molecule has 0 unspecified atom stereocenters. The monoisotopic (exact) mass is 236 g/mol. The minimum Gasteiger partial charge on any atom is -0.444 e. The maximum atomic E-state index is 5.96. The molecule has 0 bridgehead atoms. The summed E-state index contributed by atoms with van der Waals surface area (Å²) in [5.74, 6) is 0.630. The lowest BCUT2D eigenvalue weighted by Crippen LogP contribution is -2.04. The molecule has 0 spiro atoms. The summed E-state index contributed by atoms with van der Waals surface area (Å²) >= 11 is 5.96. The van der Waals surface area contributed by atoms with Gasteiger partial charge in [-0.25, -0.2) is 4.98 Å². The number of halogens is 1. The Kier molecular flexibility index (Phi) is 3.27. The molecule has 1 aromatic carbocycles. The van der Waals surface area contributed by atoms with Crippen LogP contribution in [-0.4, -0.2) is 12.0 Å². The average molecular weight is 237 g/mol. The fourth-order valence-corrected chi connectivity index (χ4v) is 1.60. The largest absolute Gasteiger partial charge is 0.444 e. The SMILES string of the molecule is CNCc1coc(-c2ccc(Cl)c(C)c2)n1. The summed E-state index contributed by atoms with van der Waals surface area (Å²) in [6.07, 6.45) is 1.66. The van der Waals surface area contributed by atoms with E-state index in [1.54, 1.807) is 6.26 Å². The van der Waals surface area contributed by atoms with Gasteiger partial charge >= 0.3 is 0 Å². The molecule has 4 heteroatoms. The van der Waals surface area contributed by atoms with Gasteiger partial charge in [0.2, 0.25) is 5.89 Å². The molecular weight excluding hydrogens is 224 g/mol. The predicted octanol–water partition coefficient (Wildman–Crippen LogP) is 3.02. The molecule has 2 rings (SSSR count). The summed E-state index contributed by atoms with van der Waals surface area (Å²) < 4.78 is 5.40. The molecule has 16 heavy (non-hydrogen) atoms. The normalized spacial score (nSPS) is 10.7. The number of benzene rings is 1. The first-order valence-corrected chi connectivity index (χ1v) is 5.44. The Morgan fingerprint density at radius 2 is 2.25 bits per heavy atom. The first-order valence-electron chi connectivity index (χ1n) is 5.06. The highest BCUT2D eigenvalue weighted by molar-refractivity contribution is 6.31. The van der Waals surface area contributed by atoms with E-state index >= 15 is 0 Å². The number of nitrogens with zero attached hydrogens (tertiary/aromatic N) is 1. The molecular formula is C12H13ClN2O. The Bertz CT molecular complexity index is 494. The number of aryl methyl sites for hydroxylation is 1. The minimum absolute atomic E-state index is 0.630. The summed E-state index contributed by atoms with van der Waals surface area (Å²) in [5, 5.41) is 3.78. The van der Waals surface area contributed by atoms with Crippen LogP contribution < -0.4 is 5.32 Å². The molecule has 0 fully saturated rings. The van der Waals surface area contributed by atoms with Crippen molar-refractivity contribution in [3.8, 4) is 11.5 Å². The number of hydrogen-bond acceptors (Lipinski definition) is 3. The zero-order chi connectivity index (χ0) is 11.5. The standard InChI is InChI=1S/C12H13ClN2O/c1-8-5-9(3-4-11(8)13)12-15-10(6-14-2)7-16-12/h3-5,7,14H,6H2,1-2H3. The number of nitrogens with one attached hydrogen (secondary N) is 1. The van der Waals surface area contributed by atoms with E-state index in [-0.39, 0.29) is 0 Å². The highest BCUT2D eigenvalue weighted by atomic mass is 35.5. The van der Waals surface area contributed by atoms with Crippen LogP contribution in [0.1, 0.15) is 11.3 Å². The first kappa shape index (κ1) is 11.2. The Morgan fingerprint density at radius 1 is 1.44 bits per heavy atom. The van der Waals surface area contributed by atoms with Gasteiger partial charge in [0.25, 0.3) is 0 Å². The highest BCUT2D eigenvalue weighted by Gasteiger charge is 2.07. The van der Waals surface area contributed by atoms with Gasteiger partial charge in [-0.15, -0.1) is 0 Å². The molecule has 1 N–H and O–H groups in total. The number of aromatic nitrogens is 1. The number of oxazole rings is 1.